The van der Waals surface area contributed by atoms with E-state index in [0.29, 0.717) is 19.3 Å². The van der Waals surface area contributed by atoms with E-state index in [1.165, 1.54) is 0 Å². The van der Waals surface area contributed by atoms with Crippen LogP contribution in [0.1, 0.15) is 90.7 Å². The Morgan fingerprint density at radius 1 is 0.625 bits per heavy atom. The summed E-state index contributed by atoms with van der Waals surface area (Å²) < 4.78 is 5.96. The second kappa shape index (κ2) is 19.6. The van der Waals surface area contributed by atoms with Crippen LogP contribution in [0.5, 0.6) is 0 Å². The molecule has 0 bridgehead atoms. The molecule has 4 amide bonds. The molecule has 1 fully saturated rings. The molecule has 2 aromatic carbocycles. The average molecular weight is 663 g/mol. The zero-order chi connectivity index (χ0) is 35.1. The molecule has 10 nitrogen and oxygen atoms in total. The van der Waals surface area contributed by atoms with Crippen molar-refractivity contribution in [1.29, 1.82) is 0 Å². The predicted octanol–water partition coefficient (Wildman–Crippen LogP) is 4.40. The smallest absolute Gasteiger partial charge is 0.329 e. The Kier molecular flexibility index (Phi) is 15.6. The summed E-state index contributed by atoms with van der Waals surface area (Å²) in [7, 11) is 0. The van der Waals surface area contributed by atoms with Crippen molar-refractivity contribution in [2.24, 2.45) is 11.8 Å². The largest absolute Gasteiger partial charge is 0.460 e. The number of rotatable bonds is 12. The van der Waals surface area contributed by atoms with Crippen LogP contribution in [0.15, 0.2) is 60.7 Å². The Morgan fingerprint density at radius 3 is 1.60 bits per heavy atom. The first-order chi connectivity index (χ1) is 22.9. The van der Waals surface area contributed by atoms with Gasteiger partial charge in [0.1, 0.15) is 30.3 Å². The van der Waals surface area contributed by atoms with E-state index in [2.05, 4.69) is 28.2 Å². The van der Waals surface area contributed by atoms with Crippen LogP contribution in [-0.2, 0) is 41.6 Å². The zero-order valence-electron chi connectivity index (χ0n) is 29.1. The van der Waals surface area contributed by atoms with Crippen molar-refractivity contribution in [3.05, 3.63) is 71.8 Å². The van der Waals surface area contributed by atoms with Gasteiger partial charge >= 0.3 is 5.97 Å². The van der Waals surface area contributed by atoms with Crippen LogP contribution in [0.4, 0.5) is 0 Å². The van der Waals surface area contributed by atoms with E-state index < -0.39 is 59.9 Å². The molecule has 262 valence electrons. The molecule has 1 saturated heterocycles. The molecule has 1 aliphatic rings. The highest BCUT2D eigenvalue weighted by Gasteiger charge is 2.34. The van der Waals surface area contributed by atoms with Gasteiger partial charge in [-0.15, -0.1) is 0 Å². The lowest BCUT2D eigenvalue weighted by Gasteiger charge is -2.29. The van der Waals surface area contributed by atoms with Crippen LogP contribution in [0.3, 0.4) is 0 Å². The Morgan fingerprint density at radius 2 is 1.08 bits per heavy atom. The molecule has 0 aliphatic carbocycles. The number of hydrogen-bond donors (Lipinski definition) is 4. The first-order valence-electron chi connectivity index (χ1n) is 17.4. The molecule has 0 aromatic heterocycles. The maximum Gasteiger partial charge on any atom is 0.329 e. The molecule has 4 N–H and O–H groups in total. The minimum absolute atomic E-state index is 0.0296. The second-order valence-electron chi connectivity index (χ2n) is 13.7. The molecule has 10 heteroatoms. The Hall–Kier alpha value is -4.21. The standard InChI is InChI=1S/C38H54N4O6/c1-6-7-10-19-29-24-34(43)39-30(20-25(2)3)35(44)41-32(22-27-15-11-8-12-16-27)37(46)40-31(21-26(4)5)36(45)42-33(38(47)48-29)23-28-17-13-9-14-18-28/h8-9,11-18,25-26,29-33H,6-7,10,19-24H2,1-5H3,(H,39,43)(H,40,46)(H,41,44)(H,42,45)/t29-,30+,31+,32-,33+/m1/s1. The van der Waals surface area contributed by atoms with Crippen molar-refractivity contribution >= 4 is 29.6 Å². The van der Waals surface area contributed by atoms with Crippen LogP contribution in [-0.4, -0.2) is 59.9 Å². The summed E-state index contributed by atoms with van der Waals surface area (Å²) in [5, 5.41) is 11.5. The van der Waals surface area contributed by atoms with E-state index in [-0.39, 0.29) is 31.1 Å². The van der Waals surface area contributed by atoms with Crippen molar-refractivity contribution < 1.29 is 28.7 Å². The number of unbranched alkanes of at least 4 members (excludes halogenated alkanes) is 2. The number of esters is 1. The van der Waals surface area contributed by atoms with E-state index in [9.17, 15) is 24.0 Å². The van der Waals surface area contributed by atoms with Gasteiger partial charge in [0.2, 0.25) is 23.6 Å². The summed E-state index contributed by atoms with van der Waals surface area (Å²) in [5.74, 6) is -2.54. The van der Waals surface area contributed by atoms with Crippen molar-refractivity contribution in [1.82, 2.24) is 21.3 Å². The molecule has 48 heavy (non-hydrogen) atoms. The number of carbonyl (C=O) groups is 5. The van der Waals surface area contributed by atoms with Gasteiger partial charge in [-0.2, -0.15) is 0 Å². The number of carbonyl (C=O) groups excluding carboxylic acids is 5. The van der Waals surface area contributed by atoms with Crippen LogP contribution in [0.2, 0.25) is 0 Å². The van der Waals surface area contributed by atoms with Gasteiger partial charge in [-0.3, -0.25) is 19.2 Å². The normalized spacial score (nSPS) is 23.2. The maximum atomic E-state index is 13.9. The quantitative estimate of drug-likeness (QED) is 0.196. The van der Waals surface area contributed by atoms with Gasteiger partial charge < -0.3 is 26.0 Å². The van der Waals surface area contributed by atoms with Crippen LogP contribution >= 0.6 is 0 Å². The summed E-state index contributed by atoms with van der Waals surface area (Å²) in [5.41, 5.74) is 1.64. The fourth-order valence-corrected chi connectivity index (χ4v) is 5.86. The van der Waals surface area contributed by atoms with Crippen molar-refractivity contribution in [3.8, 4) is 0 Å². The third-order valence-corrected chi connectivity index (χ3v) is 8.32. The number of amides is 4. The fourth-order valence-electron chi connectivity index (χ4n) is 5.86. The first-order valence-corrected chi connectivity index (χ1v) is 17.4. The van der Waals surface area contributed by atoms with Crippen molar-refractivity contribution in [2.75, 3.05) is 0 Å². The zero-order valence-corrected chi connectivity index (χ0v) is 29.1. The Balaban J connectivity index is 2.04. The highest BCUT2D eigenvalue weighted by atomic mass is 16.5. The Bertz CT molecular complexity index is 1330. The molecule has 1 aliphatic heterocycles. The van der Waals surface area contributed by atoms with Crippen LogP contribution < -0.4 is 21.3 Å². The molecule has 0 radical (unpaired) electrons. The summed E-state index contributed by atoms with van der Waals surface area (Å²) in [6.07, 6.45) is 3.18. The van der Waals surface area contributed by atoms with Crippen molar-refractivity contribution in [3.63, 3.8) is 0 Å². The number of ether oxygens (including phenoxy) is 1. The van der Waals surface area contributed by atoms with Crippen LogP contribution in [0, 0.1) is 11.8 Å². The summed E-state index contributed by atoms with van der Waals surface area (Å²) in [6, 6.07) is 14.6. The van der Waals surface area contributed by atoms with Gasteiger partial charge in [-0.25, -0.2) is 4.79 Å². The molecular formula is C38H54N4O6. The van der Waals surface area contributed by atoms with Gasteiger partial charge in [0.25, 0.3) is 0 Å². The van der Waals surface area contributed by atoms with Crippen molar-refractivity contribution in [2.45, 2.75) is 123 Å². The second-order valence-corrected chi connectivity index (χ2v) is 13.7. The molecule has 2 aromatic rings. The topological polar surface area (TPSA) is 143 Å². The SMILES string of the molecule is CCCCC[C@@H]1CC(=O)N[C@@H](CC(C)C)C(=O)N[C@H](Cc2ccccc2)C(=O)N[C@@H](CC(C)C)C(=O)N[C@@H](Cc2ccccc2)C(=O)O1. The number of cyclic esters (lactones) is 1. The first kappa shape index (κ1) is 38.2. The molecule has 1 heterocycles. The van der Waals surface area contributed by atoms with Gasteiger partial charge in [0, 0.05) is 12.8 Å². The monoisotopic (exact) mass is 662 g/mol. The lowest BCUT2D eigenvalue weighted by atomic mass is 9.98. The van der Waals surface area contributed by atoms with Gasteiger partial charge in [-0.05, 0) is 48.6 Å². The third kappa shape index (κ3) is 13.1. The molecule has 0 unspecified atom stereocenters. The summed E-state index contributed by atoms with van der Waals surface area (Å²) in [6.45, 7) is 9.85. The number of nitrogens with one attached hydrogen (secondary N) is 4. The van der Waals surface area contributed by atoms with E-state index in [4.69, 9.17) is 4.74 Å². The summed E-state index contributed by atoms with van der Waals surface area (Å²) >= 11 is 0. The molecule has 5 atom stereocenters. The van der Waals surface area contributed by atoms with Gasteiger partial charge in [0.15, 0.2) is 0 Å². The maximum absolute atomic E-state index is 13.9. The van der Waals surface area contributed by atoms with E-state index in [1.54, 1.807) is 0 Å². The number of benzene rings is 2. The highest BCUT2D eigenvalue weighted by Crippen LogP contribution is 2.16. The minimum atomic E-state index is -1.05. The van der Waals surface area contributed by atoms with E-state index in [0.717, 1.165) is 30.4 Å². The fraction of sp³-hybridized carbons (Fsp3) is 0.553. The van der Waals surface area contributed by atoms with Gasteiger partial charge in [0.05, 0.1) is 6.42 Å². The lowest BCUT2D eigenvalue weighted by molar-refractivity contribution is -0.155. The van der Waals surface area contributed by atoms with Crippen LogP contribution in [0.25, 0.3) is 0 Å². The predicted molar refractivity (Wildman–Crippen MR) is 186 cm³/mol. The third-order valence-electron chi connectivity index (χ3n) is 8.32. The molecular weight excluding hydrogens is 608 g/mol. The molecule has 0 saturated carbocycles. The molecule has 3 rings (SSSR count). The molecule has 0 spiro atoms. The lowest BCUT2D eigenvalue weighted by Crippen LogP contribution is -2.59. The average Bonchev–Trinajstić information content (AvgIpc) is 3.03. The van der Waals surface area contributed by atoms with E-state index >= 15 is 0 Å². The number of hydrogen-bond acceptors (Lipinski definition) is 6. The van der Waals surface area contributed by atoms with E-state index in [1.807, 2.05) is 88.4 Å². The minimum Gasteiger partial charge on any atom is -0.460 e. The van der Waals surface area contributed by atoms with Gasteiger partial charge in [-0.1, -0.05) is 108 Å². The Labute approximate surface area is 285 Å². The highest BCUT2D eigenvalue weighted by molar-refractivity contribution is 5.95. The summed E-state index contributed by atoms with van der Waals surface area (Å²) in [4.78, 5) is 68.8.